The zero-order chi connectivity index (χ0) is 19.5. The Bertz CT molecular complexity index is 935. The molecule has 0 aliphatic rings. The number of hydrogen-bond acceptors (Lipinski definition) is 3. The van der Waals surface area contributed by atoms with Crippen molar-refractivity contribution in [1.82, 2.24) is 9.97 Å². The highest BCUT2D eigenvalue weighted by Crippen LogP contribution is 2.24. The van der Waals surface area contributed by atoms with Crippen molar-refractivity contribution in [1.29, 1.82) is 0 Å². The second-order valence-electron chi connectivity index (χ2n) is 5.36. The summed E-state index contributed by atoms with van der Waals surface area (Å²) in [5.41, 5.74) is 2.06. The number of fused-ring (bicyclic) bond motifs is 2. The van der Waals surface area contributed by atoms with Gasteiger partial charge >= 0.3 is 0 Å². The monoisotopic (exact) mass is 408 g/mol. The third-order valence-corrected chi connectivity index (χ3v) is 3.87. The molecule has 4 aromatic rings. The minimum atomic E-state index is 0.0849. The van der Waals surface area contributed by atoms with E-state index in [1.165, 1.54) is 0 Å². The van der Waals surface area contributed by atoms with Crippen molar-refractivity contribution in [2.45, 2.75) is 0 Å². The smallest absolute Gasteiger partial charge is 0.128 e. The van der Waals surface area contributed by atoms with E-state index in [4.69, 9.17) is 33.0 Å². The fourth-order valence-corrected chi connectivity index (χ4v) is 2.48. The first-order chi connectivity index (χ1) is 13.2. The first-order valence-electron chi connectivity index (χ1n) is 8.38. The van der Waals surface area contributed by atoms with Gasteiger partial charge in [0.1, 0.15) is 18.1 Å². The zero-order valence-electron chi connectivity index (χ0n) is 14.7. The Hall–Kier alpha value is -2.34. The number of rotatable bonds is 4. The van der Waals surface area contributed by atoms with Crippen molar-refractivity contribution in [2.24, 2.45) is 0 Å². The summed E-state index contributed by atoms with van der Waals surface area (Å²) < 4.78 is 5.47. The molecule has 0 unspecified atom stereocenters. The van der Waals surface area contributed by atoms with Gasteiger partial charge in [-0.15, -0.1) is 23.2 Å². The third kappa shape index (κ3) is 6.10. The molecule has 2 aromatic carbocycles. The molecule has 0 aliphatic carbocycles. The van der Waals surface area contributed by atoms with Gasteiger partial charge < -0.3 is 24.9 Å². The lowest BCUT2D eigenvalue weighted by atomic mass is 10.2. The van der Waals surface area contributed by atoms with Crippen molar-refractivity contribution in [3.8, 4) is 11.5 Å². The Morgan fingerprint density at radius 3 is 2.00 bits per heavy atom. The van der Waals surface area contributed by atoms with Gasteiger partial charge in [-0.05, 0) is 36.4 Å². The van der Waals surface area contributed by atoms with E-state index in [9.17, 15) is 5.11 Å². The van der Waals surface area contributed by atoms with Crippen molar-refractivity contribution in [3.05, 3.63) is 60.9 Å². The zero-order valence-corrected chi connectivity index (χ0v) is 16.2. The maximum atomic E-state index is 9.24. The van der Waals surface area contributed by atoms with Crippen LogP contribution in [0.3, 0.4) is 0 Å². The largest absolute Gasteiger partial charge is 0.507 e. The number of nitrogens with one attached hydrogen (secondary N) is 2. The summed E-state index contributed by atoms with van der Waals surface area (Å²) in [6, 6.07) is 15.2. The normalized spacial score (nSPS) is 10.0. The highest BCUT2D eigenvalue weighted by Gasteiger charge is 2.01. The summed E-state index contributed by atoms with van der Waals surface area (Å²) in [5, 5.41) is 19.0. The number of aliphatic hydroxyl groups is 1. The van der Waals surface area contributed by atoms with Crippen molar-refractivity contribution >= 4 is 45.0 Å². The van der Waals surface area contributed by atoms with Crippen molar-refractivity contribution < 1.29 is 14.9 Å². The number of aromatic nitrogens is 2. The lowest BCUT2D eigenvalue weighted by Gasteiger charge is -2.04. The predicted molar refractivity (Wildman–Crippen MR) is 112 cm³/mol. The summed E-state index contributed by atoms with van der Waals surface area (Å²) in [6.45, 7) is 0.632. The Morgan fingerprint density at radius 1 is 0.815 bits per heavy atom. The van der Waals surface area contributed by atoms with E-state index in [0.29, 0.717) is 24.1 Å². The lowest BCUT2D eigenvalue weighted by Crippen LogP contribution is -1.97. The van der Waals surface area contributed by atoms with Gasteiger partial charge in [0.05, 0.1) is 12.5 Å². The van der Waals surface area contributed by atoms with Gasteiger partial charge in [-0.1, -0.05) is 12.1 Å². The third-order valence-electron chi connectivity index (χ3n) is 3.55. The second-order valence-corrected chi connectivity index (χ2v) is 6.12. The van der Waals surface area contributed by atoms with Gasteiger partial charge in [0.2, 0.25) is 0 Å². The molecule has 0 saturated heterocycles. The van der Waals surface area contributed by atoms with E-state index in [2.05, 4.69) is 9.97 Å². The van der Waals surface area contributed by atoms with Gasteiger partial charge in [0.25, 0.3) is 0 Å². The quantitative estimate of drug-likeness (QED) is 0.363. The van der Waals surface area contributed by atoms with Gasteiger partial charge in [-0.25, -0.2) is 0 Å². The summed E-state index contributed by atoms with van der Waals surface area (Å²) in [4.78, 5) is 6.12. The number of H-pyrrole nitrogens is 2. The minimum absolute atomic E-state index is 0.0849. The van der Waals surface area contributed by atoms with Crippen molar-refractivity contribution in [2.75, 3.05) is 25.0 Å². The van der Waals surface area contributed by atoms with Crippen molar-refractivity contribution in [3.63, 3.8) is 0 Å². The van der Waals surface area contributed by atoms with Gasteiger partial charge in [0, 0.05) is 40.1 Å². The molecule has 2 aromatic heterocycles. The van der Waals surface area contributed by atoms with Crippen LogP contribution in [0.15, 0.2) is 60.9 Å². The summed E-state index contributed by atoms with van der Waals surface area (Å²) in [7, 11) is 0. The van der Waals surface area contributed by atoms with Crippen LogP contribution in [-0.4, -0.2) is 45.2 Å². The molecule has 0 spiro atoms. The molecular formula is C20H22Cl2N2O3. The van der Waals surface area contributed by atoms with Crippen LogP contribution in [0.4, 0.5) is 0 Å². The summed E-state index contributed by atoms with van der Waals surface area (Å²) in [6.07, 6.45) is 3.71. The minimum Gasteiger partial charge on any atom is -0.507 e. The molecule has 7 heteroatoms. The topological polar surface area (TPSA) is 81.3 Å². The molecule has 4 rings (SSSR count). The lowest BCUT2D eigenvalue weighted by molar-refractivity contribution is 0.321. The van der Waals surface area contributed by atoms with Gasteiger partial charge in [0.15, 0.2) is 0 Å². The molecular weight excluding hydrogens is 387 g/mol. The first kappa shape index (κ1) is 21.0. The molecule has 0 atom stereocenters. The maximum absolute atomic E-state index is 9.24. The molecule has 0 bridgehead atoms. The van der Waals surface area contributed by atoms with E-state index >= 15 is 0 Å². The van der Waals surface area contributed by atoms with Crippen LogP contribution in [-0.2, 0) is 0 Å². The molecule has 144 valence electrons. The Balaban J connectivity index is 0.000000166. The van der Waals surface area contributed by atoms with Crippen LogP contribution >= 0.6 is 23.2 Å². The summed E-state index contributed by atoms with van der Waals surface area (Å²) >= 11 is 10.5. The predicted octanol–water partition coefficient (Wildman–Crippen LogP) is 4.88. The van der Waals surface area contributed by atoms with Crippen LogP contribution in [0.5, 0.6) is 11.5 Å². The Morgan fingerprint density at radius 2 is 1.41 bits per heavy atom. The standard InChI is InChI=1S/C10H10ClNO.C8H7NO.C2H5ClO/c11-5-7-13-10-3-1-2-9-8(10)4-6-12-9;10-8-3-1-2-7-6(8)4-5-9-7;3-1-2-4/h1-4,6,12H,5,7H2;1-5,9-10H;4H,1-2H2. The van der Waals surface area contributed by atoms with Crippen LogP contribution in [0, 0.1) is 0 Å². The molecule has 0 fully saturated rings. The second kappa shape index (κ2) is 11.4. The van der Waals surface area contributed by atoms with E-state index in [1.54, 1.807) is 6.07 Å². The fraction of sp³-hybridized carbons (Fsp3) is 0.200. The van der Waals surface area contributed by atoms with Crippen LogP contribution in [0.25, 0.3) is 21.8 Å². The van der Waals surface area contributed by atoms with Crippen LogP contribution < -0.4 is 4.74 Å². The maximum Gasteiger partial charge on any atom is 0.128 e. The number of phenolic OH excluding ortho intramolecular Hbond substituents is 1. The number of halogens is 2. The summed E-state index contributed by atoms with van der Waals surface area (Å²) in [5.74, 6) is 2.08. The van der Waals surface area contributed by atoms with E-state index in [1.807, 2.05) is 54.9 Å². The number of hydrogen-bond donors (Lipinski definition) is 4. The Labute approximate surface area is 167 Å². The van der Waals surface area contributed by atoms with Crippen LogP contribution in [0.2, 0.25) is 0 Å². The van der Waals surface area contributed by atoms with Gasteiger partial charge in [-0.3, -0.25) is 0 Å². The number of phenols is 1. The molecule has 0 radical (unpaired) electrons. The highest BCUT2D eigenvalue weighted by atomic mass is 35.5. The van der Waals surface area contributed by atoms with E-state index in [0.717, 1.165) is 27.6 Å². The molecule has 27 heavy (non-hydrogen) atoms. The average molecular weight is 409 g/mol. The molecule has 0 amide bonds. The number of benzene rings is 2. The molecule has 0 saturated carbocycles. The number of aromatic amines is 2. The highest BCUT2D eigenvalue weighted by molar-refractivity contribution is 6.18. The average Bonchev–Trinajstić information content (AvgIpc) is 3.37. The number of aliphatic hydroxyl groups excluding tert-OH is 1. The SMILES string of the molecule is ClCCOc1cccc2[nH]ccc12.OCCCl.Oc1cccc2[nH]ccc12. The molecule has 5 nitrogen and oxygen atoms in total. The molecule has 4 N–H and O–H groups in total. The number of aromatic hydroxyl groups is 1. The first-order valence-corrected chi connectivity index (χ1v) is 9.45. The van der Waals surface area contributed by atoms with E-state index < -0.39 is 0 Å². The molecule has 2 heterocycles. The van der Waals surface area contributed by atoms with Crippen LogP contribution in [0.1, 0.15) is 0 Å². The number of ether oxygens (including phenoxy) is 1. The Kier molecular flexibility index (Phi) is 8.84. The fourth-order valence-electron chi connectivity index (χ4n) is 2.40. The van der Waals surface area contributed by atoms with E-state index in [-0.39, 0.29) is 6.61 Å². The number of alkyl halides is 2. The van der Waals surface area contributed by atoms with Gasteiger partial charge in [-0.2, -0.15) is 0 Å². The molecule has 0 aliphatic heterocycles.